The SMILES string of the molecule is COc1ccc2c(=O)n(C)c(C(=O)N(C)C)cc2c1. The van der Waals surface area contributed by atoms with Gasteiger partial charge in [-0.15, -0.1) is 0 Å². The minimum atomic E-state index is -0.204. The first-order valence-corrected chi connectivity index (χ1v) is 5.85. The van der Waals surface area contributed by atoms with Gasteiger partial charge in [0.2, 0.25) is 0 Å². The van der Waals surface area contributed by atoms with E-state index in [2.05, 4.69) is 0 Å². The summed E-state index contributed by atoms with van der Waals surface area (Å²) in [5.41, 5.74) is 0.168. The average molecular weight is 260 g/mol. The van der Waals surface area contributed by atoms with Gasteiger partial charge < -0.3 is 14.2 Å². The molecule has 1 aromatic carbocycles. The second kappa shape index (κ2) is 4.76. The monoisotopic (exact) mass is 260 g/mol. The molecule has 5 heteroatoms. The van der Waals surface area contributed by atoms with E-state index in [0.717, 1.165) is 0 Å². The number of hydrogen-bond acceptors (Lipinski definition) is 3. The molecule has 100 valence electrons. The molecule has 0 fully saturated rings. The highest BCUT2D eigenvalue weighted by Crippen LogP contribution is 2.19. The summed E-state index contributed by atoms with van der Waals surface area (Å²) in [5, 5.41) is 1.27. The van der Waals surface area contributed by atoms with Gasteiger partial charge in [-0.05, 0) is 29.7 Å². The Morgan fingerprint density at radius 1 is 1.26 bits per heavy atom. The average Bonchev–Trinajstić information content (AvgIpc) is 2.41. The molecule has 2 aromatic rings. The Morgan fingerprint density at radius 3 is 2.53 bits per heavy atom. The van der Waals surface area contributed by atoms with Crippen molar-refractivity contribution in [2.75, 3.05) is 21.2 Å². The van der Waals surface area contributed by atoms with Crippen LogP contribution in [0.4, 0.5) is 0 Å². The van der Waals surface area contributed by atoms with Crippen LogP contribution >= 0.6 is 0 Å². The van der Waals surface area contributed by atoms with Gasteiger partial charge in [-0.3, -0.25) is 9.59 Å². The van der Waals surface area contributed by atoms with E-state index in [0.29, 0.717) is 22.2 Å². The highest BCUT2D eigenvalue weighted by molar-refractivity contribution is 5.96. The van der Waals surface area contributed by atoms with E-state index in [1.165, 1.54) is 9.47 Å². The van der Waals surface area contributed by atoms with Crippen molar-refractivity contribution in [1.82, 2.24) is 9.47 Å². The second-order valence-electron chi connectivity index (χ2n) is 4.55. The van der Waals surface area contributed by atoms with Crippen molar-refractivity contribution in [2.45, 2.75) is 0 Å². The second-order valence-corrected chi connectivity index (χ2v) is 4.55. The number of methoxy groups -OCH3 is 1. The molecule has 1 heterocycles. The molecule has 0 aliphatic heterocycles. The molecule has 1 aromatic heterocycles. The Balaban J connectivity index is 2.77. The van der Waals surface area contributed by atoms with Gasteiger partial charge in [-0.2, -0.15) is 0 Å². The van der Waals surface area contributed by atoms with E-state index in [4.69, 9.17) is 4.74 Å². The Hall–Kier alpha value is -2.30. The first-order chi connectivity index (χ1) is 8.95. The van der Waals surface area contributed by atoms with E-state index >= 15 is 0 Å². The fourth-order valence-corrected chi connectivity index (χ4v) is 1.95. The van der Waals surface area contributed by atoms with E-state index in [9.17, 15) is 9.59 Å². The zero-order chi connectivity index (χ0) is 14.2. The highest BCUT2D eigenvalue weighted by atomic mass is 16.5. The maximum Gasteiger partial charge on any atom is 0.270 e. The van der Waals surface area contributed by atoms with Gasteiger partial charge in [0.1, 0.15) is 11.4 Å². The normalized spacial score (nSPS) is 10.5. The molecule has 0 aliphatic rings. The van der Waals surface area contributed by atoms with Crippen LogP contribution in [0.5, 0.6) is 5.75 Å². The molecule has 0 radical (unpaired) electrons. The standard InChI is InChI=1S/C14H16N2O3/c1-15(2)14(18)12-8-9-7-10(19-4)5-6-11(9)13(17)16(12)3/h5-8H,1-4H3. The maximum atomic E-state index is 12.2. The van der Waals surface area contributed by atoms with Crippen molar-refractivity contribution in [3.63, 3.8) is 0 Å². The molecule has 0 saturated carbocycles. The number of rotatable bonds is 2. The van der Waals surface area contributed by atoms with Crippen LogP contribution in [0.25, 0.3) is 10.8 Å². The van der Waals surface area contributed by atoms with E-state index < -0.39 is 0 Å². The molecular weight excluding hydrogens is 244 g/mol. The lowest BCUT2D eigenvalue weighted by atomic mass is 10.1. The number of carbonyl (C=O) groups excluding carboxylic acids is 1. The first-order valence-electron chi connectivity index (χ1n) is 5.85. The number of fused-ring (bicyclic) bond motifs is 1. The molecule has 1 amide bonds. The minimum absolute atomic E-state index is 0.189. The van der Waals surface area contributed by atoms with Gasteiger partial charge in [-0.25, -0.2) is 0 Å². The van der Waals surface area contributed by atoms with Gasteiger partial charge in [0, 0.05) is 26.5 Å². The highest BCUT2D eigenvalue weighted by Gasteiger charge is 2.15. The molecule has 2 rings (SSSR count). The number of amides is 1. The molecule has 0 bridgehead atoms. The van der Waals surface area contributed by atoms with Crippen LogP contribution in [0.2, 0.25) is 0 Å². The number of pyridine rings is 1. The minimum Gasteiger partial charge on any atom is -0.497 e. The van der Waals surface area contributed by atoms with Crippen LogP contribution in [0, 0.1) is 0 Å². The predicted molar refractivity (Wildman–Crippen MR) is 73.8 cm³/mol. The summed E-state index contributed by atoms with van der Waals surface area (Å²) in [5.74, 6) is 0.452. The van der Waals surface area contributed by atoms with Crippen LogP contribution in [-0.2, 0) is 7.05 Å². The molecule has 5 nitrogen and oxygen atoms in total. The van der Waals surface area contributed by atoms with Gasteiger partial charge in [0.15, 0.2) is 0 Å². The Labute approximate surface area is 111 Å². The van der Waals surface area contributed by atoms with Crippen molar-refractivity contribution >= 4 is 16.7 Å². The number of aromatic nitrogens is 1. The Bertz CT molecular complexity index is 702. The van der Waals surface area contributed by atoms with Crippen molar-refractivity contribution in [3.8, 4) is 5.75 Å². The lowest BCUT2D eigenvalue weighted by Gasteiger charge is -2.14. The van der Waals surface area contributed by atoms with Crippen LogP contribution < -0.4 is 10.3 Å². The summed E-state index contributed by atoms with van der Waals surface area (Å²) in [4.78, 5) is 25.7. The lowest BCUT2D eigenvalue weighted by molar-refractivity contribution is 0.0817. The topological polar surface area (TPSA) is 51.5 Å². The third kappa shape index (κ3) is 2.19. The summed E-state index contributed by atoms with van der Waals surface area (Å²) >= 11 is 0. The molecular formula is C14H16N2O3. The zero-order valence-corrected chi connectivity index (χ0v) is 11.4. The van der Waals surface area contributed by atoms with Gasteiger partial charge in [-0.1, -0.05) is 0 Å². The van der Waals surface area contributed by atoms with Crippen molar-refractivity contribution in [1.29, 1.82) is 0 Å². The third-order valence-electron chi connectivity index (χ3n) is 3.07. The smallest absolute Gasteiger partial charge is 0.270 e. The number of nitrogens with zero attached hydrogens (tertiary/aromatic N) is 2. The molecule has 0 aliphatic carbocycles. The first kappa shape index (κ1) is 13.1. The van der Waals surface area contributed by atoms with Gasteiger partial charge >= 0.3 is 0 Å². The number of benzene rings is 1. The summed E-state index contributed by atoms with van der Waals surface area (Å²) in [6, 6.07) is 6.91. The molecule has 0 unspecified atom stereocenters. The summed E-state index contributed by atoms with van der Waals surface area (Å²) in [7, 11) is 6.47. The fraction of sp³-hybridized carbons (Fsp3) is 0.286. The molecule has 0 spiro atoms. The largest absolute Gasteiger partial charge is 0.497 e. The van der Waals surface area contributed by atoms with Crippen molar-refractivity contribution < 1.29 is 9.53 Å². The summed E-state index contributed by atoms with van der Waals surface area (Å²) < 4.78 is 6.51. The summed E-state index contributed by atoms with van der Waals surface area (Å²) in [6.07, 6.45) is 0. The van der Waals surface area contributed by atoms with Crippen molar-refractivity contribution in [3.05, 3.63) is 40.3 Å². The quantitative estimate of drug-likeness (QED) is 0.816. The van der Waals surface area contributed by atoms with E-state index in [-0.39, 0.29) is 11.5 Å². The zero-order valence-electron chi connectivity index (χ0n) is 11.4. The van der Waals surface area contributed by atoms with Crippen LogP contribution in [-0.4, -0.2) is 36.6 Å². The van der Waals surface area contributed by atoms with E-state index in [1.54, 1.807) is 52.5 Å². The van der Waals surface area contributed by atoms with Gasteiger partial charge in [0.05, 0.1) is 7.11 Å². The van der Waals surface area contributed by atoms with Crippen LogP contribution in [0.1, 0.15) is 10.5 Å². The number of hydrogen-bond donors (Lipinski definition) is 0. The predicted octanol–water partition coefficient (Wildman–Crippen LogP) is 1.25. The molecule has 0 saturated heterocycles. The molecule has 0 atom stereocenters. The molecule has 0 N–H and O–H groups in total. The maximum absolute atomic E-state index is 12.2. The fourth-order valence-electron chi connectivity index (χ4n) is 1.95. The van der Waals surface area contributed by atoms with E-state index in [1.807, 2.05) is 0 Å². The number of carbonyl (C=O) groups is 1. The van der Waals surface area contributed by atoms with Crippen LogP contribution in [0.15, 0.2) is 29.1 Å². The Kier molecular flexibility index (Phi) is 3.29. The lowest BCUT2D eigenvalue weighted by Crippen LogP contribution is -2.30. The van der Waals surface area contributed by atoms with Gasteiger partial charge in [0.25, 0.3) is 11.5 Å². The Morgan fingerprint density at radius 2 is 1.95 bits per heavy atom. The molecule has 19 heavy (non-hydrogen) atoms. The van der Waals surface area contributed by atoms with Crippen molar-refractivity contribution in [2.24, 2.45) is 7.05 Å². The summed E-state index contributed by atoms with van der Waals surface area (Å²) in [6.45, 7) is 0. The third-order valence-corrected chi connectivity index (χ3v) is 3.07. The van der Waals surface area contributed by atoms with Crippen LogP contribution in [0.3, 0.4) is 0 Å². The number of ether oxygens (including phenoxy) is 1.